The smallest absolute Gasteiger partial charge is 0.326 e. The van der Waals surface area contributed by atoms with E-state index in [1.165, 1.54) is 13.8 Å². The molecule has 0 amide bonds. The summed E-state index contributed by atoms with van der Waals surface area (Å²) >= 11 is 0. The van der Waals surface area contributed by atoms with Crippen LogP contribution < -0.4 is 4.74 Å². The van der Waals surface area contributed by atoms with Gasteiger partial charge in [0.2, 0.25) is 0 Å². The summed E-state index contributed by atoms with van der Waals surface area (Å²) in [5, 5.41) is 9.92. The minimum Gasteiger partial charge on any atom is -0.491 e. The van der Waals surface area contributed by atoms with E-state index >= 15 is 0 Å². The van der Waals surface area contributed by atoms with E-state index in [-0.39, 0.29) is 6.61 Å². The molecule has 1 saturated heterocycles. The zero-order valence-corrected chi connectivity index (χ0v) is 11.2. The summed E-state index contributed by atoms with van der Waals surface area (Å²) < 4.78 is 15.2. The van der Waals surface area contributed by atoms with Gasteiger partial charge in [0.15, 0.2) is 5.92 Å². The maximum Gasteiger partial charge on any atom is 0.326 e. The lowest BCUT2D eigenvalue weighted by Crippen LogP contribution is -2.51. The highest BCUT2D eigenvalue weighted by atomic mass is 16.7. The van der Waals surface area contributed by atoms with E-state index in [1.54, 1.807) is 24.3 Å². The molecular formula is C14H16O6. The monoisotopic (exact) mass is 280 g/mol. The van der Waals surface area contributed by atoms with Crippen molar-refractivity contribution in [1.82, 2.24) is 0 Å². The molecule has 108 valence electrons. The Bertz CT molecular complexity index is 476. The third kappa shape index (κ3) is 3.27. The molecule has 0 bridgehead atoms. The zero-order chi connectivity index (χ0) is 14.8. The van der Waals surface area contributed by atoms with Crippen molar-refractivity contribution in [2.24, 2.45) is 5.92 Å². The van der Waals surface area contributed by atoms with E-state index in [4.69, 9.17) is 14.2 Å². The van der Waals surface area contributed by atoms with Crippen molar-refractivity contribution >= 4 is 11.9 Å². The third-order valence-electron chi connectivity index (χ3n) is 2.75. The second kappa shape index (κ2) is 5.50. The van der Waals surface area contributed by atoms with Crippen LogP contribution in [0.5, 0.6) is 5.75 Å². The number of hydrogen-bond donors (Lipinski definition) is 1. The number of aliphatic hydroxyl groups is 1. The molecule has 0 saturated carbocycles. The van der Waals surface area contributed by atoms with Gasteiger partial charge in [0, 0.05) is 13.8 Å². The number of carbonyl (C=O) groups is 2. The highest BCUT2D eigenvalue weighted by Gasteiger charge is 2.47. The maximum atomic E-state index is 11.7. The van der Waals surface area contributed by atoms with Gasteiger partial charge < -0.3 is 19.3 Å². The number of rotatable bonds is 4. The van der Waals surface area contributed by atoms with Gasteiger partial charge in [0.25, 0.3) is 5.79 Å². The Hall–Kier alpha value is -2.08. The van der Waals surface area contributed by atoms with Gasteiger partial charge in [-0.15, -0.1) is 0 Å². The molecule has 1 fully saturated rings. The summed E-state index contributed by atoms with van der Waals surface area (Å²) in [6.45, 7) is 2.69. The Labute approximate surface area is 116 Å². The second-order valence-electron chi connectivity index (χ2n) is 4.91. The Kier molecular flexibility index (Phi) is 3.94. The molecule has 1 N–H and O–H groups in total. The third-order valence-corrected chi connectivity index (χ3v) is 2.75. The average Bonchev–Trinajstić information content (AvgIpc) is 2.35. The Morgan fingerprint density at radius 2 is 1.75 bits per heavy atom. The molecule has 1 heterocycles. The van der Waals surface area contributed by atoms with Crippen molar-refractivity contribution in [1.29, 1.82) is 0 Å². The molecule has 1 aromatic carbocycles. The number of benzene rings is 1. The van der Waals surface area contributed by atoms with Crippen molar-refractivity contribution in [3.8, 4) is 5.75 Å². The van der Waals surface area contributed by atoms with Crippen LogP contribution in [0.2, 0.25) is 0 Å². The predicted molar refractivity (Wildman–Crippen MR) is 67.7 cm³/mol. The van der Waals surface area contributed by atoms with Gasteiger partial charge in [-0.2, -0.15) is 0 Å². The SMILES string of the molecule is CC1(C)OC(=O)C(C(O)COc2ccccc2)C(=O)O1. The van der Waals surface area contributed by atoms with E-state index in [0.717, 1.165) is 0 Å². The summed E-state index contributed by atoms with van der Waals surface area (Å²) in [7, 11) is 0. The fourth-order valence-electron chi connectivity index (χ4n) is 1.84. The van der Waals surface area contributed by atoms with Crippen molar-refractivity contribution in [3.05, 3.63) is 30.3 Å². The van der Waals surface area contributed by atoms with Crippen LogP contribution in [-0.4, -0.2) is 35.5 Å². The van der Waals surface area contributed by atoms with E-state index in [0.29, 0.717) is 5.75 Å². The van der Waals surface area contributed by atoms with Crippen LogP contribution >= 0.6 is 0 Å². The fraction of sp³-hybridized carbons (Fsp3) is 0.429. The number of hydrogen-bond acceptors (Lipinski definition) is 6. The second-order valence-corrected chi connectivity index (χ2v) is 4.91. The van der Waals surface area contributed by atoms with Gasteiger partial charge >= 0.3 is 11.9 Å². The number of aliphatic hydroxyl groups excluding tert-OH is 1. The predicted octanol–water partition coefficient (Wildman–Crippen LogP) is 0.879. The lowest BCUT2D eigenvalue weighted by Gasteiger charge is -2.34. The lowest BCUT2D eigenvalue weighted by molar-refractivity contribution is -0.245. The van der Waals surface area contributed by atoms with E-state index in [1.807, 2.05) is 6.07 Å². The quantitative estimate of drug-likeness (QED) is 0.651. The van der Waals surface area contributed by atoms with Gasteiger partial charge in [0.1, 0.15) is 18.5 Å². The largest absolute Gasteiger partial charge is 0.491 e. The molecule has 0 radical (unpaired) electrons. The molecule has 20 heavy (non-hydrogen) atoms. The molecule has 1 unspecified atom stereocenters. The Balaban J connectivity index is 1.97. The highest BCUT2D eigenvalue weighted by molar-refractivity contribution is 5.97. The van der Waals surface area contributed by atoms with E-state index < -0.39 is 29.7 Å². The van der Waals surface area contributed by atoms with Crippen LogP contribution in [0.4, 0.5) is 0 Å². The van der Waals surface area contributed by atoms with Gasteiger partial charge in [0.05, 0.1) is 0 Å². The van der Waals surface area contributed by atoms with Crippen molar-refractivity contribution < 1.29 is 28.9 Å². The number of cyclic esters (lactones) is 2. The van der Waals surface area contributed by atoms with Gasteiger partial charge in [-0.3, -0.25) is 9.59 Å². The normalized spacial score (nSPS) is 19.9. The fourth-order valence-corrected chi connectivity index (χ4v) is 1.84. The first-order chi connectivity index (χ1) is 9.39. The van der Waals surface area contributed by atoms with Crippen molar-refractivity contribution in [2.75, 3.05) is 6.61 Å². The van der Waals surface area contributed by atoms with Crippen molar-refractivity contribution in [2.45, 2.75) is 25.7 Å². The summed E-state index contributed by atoms with van der Waals surface area (Å²) in [4.78, 5) is 23.5. The van der Waals surface area contributed by atoms with Crippen LogP contribution in [0.3, 0.4) is 0 Å². The van der Waals surface area contributed by atoms with Crippen LogP contribution in [0, 0.1) is 5.92 Å². The average molecular weight is 280 g/mol. The first kappa shape index (κ1) is 14.3. The maximum absolute atomic E-state index is 11.7. The number of esters is 2. The first-order valence-electron chi connectivity index (χ1n) is 6.21. The molecule has 0 spiro atoms. The minimum absolute atomic E-state index is 0.209. The molecule has 1 aliphatic heterocycles. The zero-order valence-electron chi connectivity index (χ0n) is 11.2. The van der Waals surface area contributed by atoms with Gasteiger partial charge in [-0.25, -0.2) is 0 Å². The van der Waals surface area contributed by atoms with E-state index in [2.05, 4.69) is 0 Å². The summed E-state index contributed by atoms with van der Waals surface area (Å²) in [5.74, 6) is -3.77. The number of ether oxygens (including phenoxy) is 3. The Morgan fingerprint density at radius 3 is 2.30 bits per heavy atom. The molecule has 6 nitrogen and oxygen atoms in total. The van der Waals surface area contributed by atoms with Crippen LogP contribution in [-0.2, 0) is 19.1 Å². The molecule has 0 aliphatic carbocycles. The van der Waals surface area contributed by atoms with Gasteiger partial charge in [-0.05, 0) is 12.1 Å². The summed E-state index contributed by atoms with van der Waals surface area (Å²) in [6.07, 6.45) is -1.33. The number of para-hydroxylation sites is 1. The highest BCUT2D eigenvalue weighted by Crippen LogP contribution is 2.25. The molecule has 0 aromatic heterocycles. The molecular weight excluding hydrogens is 264 g/mol. The van der Waals surface area contributed by atoms with Crippen molar-refractivity contribution in [3.63, 3.8) is 0 Å². The number of carbonyl (C=O) groups excluding carboxylic acids is 2. The lowest BCUT2D eigenvalue weighted by atomic mass is 10.0. The topological polar surface area (TPSA) is 82.1 Å². The van der Waals surface area contributed by atoms with Crippen LogP contribution in [0.15, 0.2) is 30.3 Å². The molecule has 1 aromatic rings. The van der Waals surface area contributed by atoms with Gasteiger partial charge in [-0.1, -0.05) is 18.2 Å². The first-order valence-corrected chi connectivity index (χ1v) is 6.21. The Morgan fingerprint density at radius 1 is 1.20 bits per heavy atom. The molecule has 1 atom stereocenters. The molecule has 1 aliphatic rings. The standard InChI is InChI=1S/C14H16O6/c1-14(2)19-12(16)11(13(17)20-14)10(15)8-18-9-6-4-3-5-7-9/h3-7,10-11,15H,8H2,1-2H3. The van der Waals surface area contributed by atoms with E-state index in [9.17, 15) is 14.7 Å². The summed E-state index contributed by atoms with van der Waals surface area (Å²) in [5.41, 5.74) is 0. The molecule has 6 heteroatoms. The summed E-state index contributed by atoms with van der Waals surface area (Å²) in [6, 6.07) is 8.77. The minimum atomic E-state index is -1.38. The van der Waals surface area contributed by atoms with Crippen LogP contribution in [0.25, 0.3) is 0 Å². The van der Waals surface area contributed by atoms with Crippen LogP contribution in [0.1, 0.15) is 13.8 Å². The molecule has 2 rings (SSSR count).